The van der Waals surface area contributed by atoms with Crippen molar-refractivity contribution in [3.05, 3.63) is 11.6 Å². The van der Waals surface area contributed by atoms with E-state index in [1.807, 2.05) is 0 Å². The first-order valence-corrected chi connectivity index (χ1v) is 5.39. The third kappa shape index (κ3) is 1.95. The van der Waals surface area contributed by atoms with Crippen LogP contribution in [-0.4, -0.2) is 21.3 Å². The van der Waals surface area contributed by atoms with Crippen molar-refractivity contribution in [2.24, 2.45) is 5.92 Å². The minimum atomic E-state index is 0.740. The van der Waals surface area contributed by atoms with Crippen LogP contribution >= 0.6 is 0 Å². The van der Waals surface area contributed by atoms with Crippen molar-refractivity contribution in [1.29, 1.82) is 0 Å². The van der Waals surface area contributed by atoms with Gasteiger partial charge in [-0.15, -0.1) is 10.2 Å². The van der Waals surface area contributed by atoms with Gasteiger partial charge in [-0.1, -0.05) is 13.8 Å². The standard InChI is InChI=1S/C10H18N4/c1-8(2)3-4-9-12-13-10-7-11-5-6-14(9)10/h8,11H,3-7H2,1-2H3. The van der Waals surface area contributed by atoms with Crippen LogP contribution in [0, 0.1) is 5.92 Å². The van der Waals surface area contributed by atoms with Crippen molar-refractivity contribution in [2.45, 2.75) is 39.8 Å². The highest BCUT2D eigenvalue weighted by Gasteiger charge is 2.14. The van der Waals surface area contributed by atoms with E-state index in [2.05, 4.69) is 33.9 Å². The third-order valence-corrected chi connectivity index (χ3v) is 2.64. The smallest absolute Gasteiger partial charge is 0.147 e. The van der Waals surface area contributed by atoms with Crippen LogP contribution < -0.4 is 5.32 Å². The summed E-state index contributed by atoms with van der Waals surface area (Å²) < 4.78 is 2.26. The largest absolute Gasteiger partial charge is 0.313 e. The van der Waals surface area contributed by atoms with Gasteiger partial charge in [0.2, 0.25) is 0 Å². The molecule has 1 aliphatic rings. The van der Waals surface area contributed by atoms with Crippen LogP contribution in [-0.2, 0) is 19.5 Å². The molecule has 0 bridgehead atoms. The number of nitrogens with zero attached hydrogens (tertiary/aromatic N) is 3. The molecule has 2 heterocycles. The van der Waals surface area contributed by atoms with E-state index in [0.29, 0.717) is 0 Å². The van der Waals surface area contributed by atoms with Gasteiger partial charge in [-0.25, -0.2) is 0 Å². The molecule has 0 saturated heterocycles. The summed E-state index contributed by atoms with van der Waals surface area (Å²) in [5, 5.41) is 11.7. The Morgan fingerprint density at radius 2 is 2.29 bits per heavy atom. The van der Waals surface area contributed by atoms with E-state index < -0.39 is 0 Å². The summed E-state index contributed by atoms with van der Waals surface area (Å²) in [7, 11) is 0. The van der Waals surface area contributed by atoms with Crippen LogP contribution in [0.15, 0.2) is 0 Å². The van der Waals surface area contributed by atoms with Gasteiger partial charge in [-0.05, 0) is 12.3 Å². The zero-order valence-corrected chi connectivity index (χ0v) is 8.95. The molecule has 0 saturated carbocycles. The van der Waals surface area contributed by atoms with Crippen molar-refractivity contribution >= 4 is 0 Å². The molecule has 4 nitrogen and oxygen atoms in total. The lowest BCUT2D eigenvalue weighted by atomic mass is 10.1. The Labute approximate surface area is 84.7 Å². The van der Waals surface area contributed by atoms with Crippen molar-refractivity contribution < 1.29 is 0 Å². The van der Waals surface area contributed by atoms with Gasteiger partial charge in [0.1, 0.15) is 11.6 Å². The van der Waals surface area contributed by atoms with Gasteiger partial charge in [0.25, 0.3) is 0 Å². The predicted octanol–water partition coefficient (Wildman–Crippen LogP) is 0.970. The van der Waals surface area contributed by atoms with Gasteiger partial charge in [0, 0.05) is 19.5 Å². The molecule has 0 radical (unpaired) electrons. The molecule has 4 heteroatoms. The maximum absolute atomic E-state index is 4.24. The molecule has 2 rings (SSSR count). The molecule has 1 aromatic rings. The number of aromatic nitrogens is 3. The molecule has 0 aliphatic carbocycles. The summed E-state index contributed by atoms with van der Waals surface area (Å²) in [6.07, 6.45) is 2.26. The van der Waals surface area contributed by atoms with Gasteiger partial charge < -0.3 is 9.88 Å². The number of rotatable bonds is 3. The van der Waals surface area contributed by atoms with E-state index in [4.69, 9.17) is 0 Å². The summed E-state index contributed by atoms with van der Waals surface area (Å²) >= 11 is 0. The van der Waals surface area contributed by atoms with E-state index in [1.165, 1.54) is 6.42 Å². The molecule has 0 aromatic carbocycles. The average molecular weight is 194 g/mol. The Balaban J connectivity index is 2.06. The fourth-order valence-corrected chi connectivity index (χ4v) is 1.76. The van der Waals surface area contributed by atoms with Gasteiger partial charge in [0.15, 0.2) is 0 Å². The summed E-state index contributed by atoms with van der Waals surface area (Å²) in [6, 6.07) is 0. The molecular formula is C10H18N4. The summed E-state index contributed by atoms with van der Waals surface area (Å²) in [5.41, 5.74) is 0. The number of aryl methyl sites for hydroxylation is 1. The van der Waals surface area contributed by atoms with Crippen LogP contribution in [0.5, 0.6) is 0 Å². The normalized spacial score (nSPS) is 15.9. The van der Waals surface area contributed by atoms with Crippen LogP contribution in [0.3, 0.4) is 0 Å². The molecule has 0 unspecified atom stereocenters. The minimum absolute atomic E-state index is 0.740. The number of hydrogen-bond donors (Lipinski definition) is 1. The zero-order chi connectivity index (χ0) is 9.97. The first-order valence-electron chi connectivity index (χ1n) is 5.39. The van der Waals surface area contributed by atoms with Crippen molar-refractivity contribution in [3.8, 4) is 0 Å². The molecule has 1 aromatic heterocycles. The summed E-state index contributed by atoms with van der Waals surface area (Å²) in [5.74, 6) is 3.00. The van der Waals surface area contributed by atoms with Crippen LogP contribution in [0.1, 0.15) is 31.9 Å². The van der Waals surface area contributed by atoms with Crippen LogP contribution in [0.25, 0.3) is 0 Å². The Bertz CT molecular complexity index is 303. The van der Waals surface area contributed by atoms with E-state index in [1.54, 1.807) is 0 Å². The monoisotopic (exact) mass is 194 g/mol. The van der Waals surface area contributed by atoms with Crippen LogP contribution in [0.4, 0.5) is 0 Å². The molecule has 0 fully saturated rings. The SMILES string of the molecule is CC(C)CCc1nnc2n1CCNC2. The van der Waals surface area contributed by atoms with E-state index >= 15 is 0 Å². The highest BCUT2D eigenvalue weighted by atomic mass is 15.3. The lowest BCUT2D eigenvalue weighted by molar-refractivity contribution is 0.482. The molecule has 1 N–H and O–H groups in total. The second kappa shape index (κ2) is 4.09. The lowest BCUT2D eigenvalue weighted by Crippen LogP contribution is -2.29. The Morgan fingerprint density at radius 3 is 3.07 bits per heavy atom. The molecular weight excluding hydrogens is 176 g/mol. The second-order valence-corrected chi connectivity index (χ2v) is 4.29. The maximum Gasteiger partial charge on any atom is 0.147 e. The fraction of sp³-hybridized carbons (Fsp3) is 0.800. The van der Waals surface area contributed by atoms with Crippen LogP contribution in [0.2, 0.25) is 0 Å². The topological polar surface area (TPSA) is 42.7 Å². The fourth-order valence-electron chi connectivity index (χ4n) is 1.76. The van der Waals surface area contributed by atoms with Gasteiger partial charge in [-0.2, -0.15) is 0 Å². The average Bonchev–Trinajstić information content (AvgIpc) is 2.58. The Morgan fingerprint density at radius 1 is 1.43 bits per heavy atom. The lowest BCUT2D eigenvalue weighted by Gasteiger charge is -2.16. The molecule has 1 aliphatic heterocycles. The van der Waals surface area contributed by atoms with Crippen molar-refractivity contribution in [3.63, 3.8) is 0 Å². The van der Waals surface area contributed by atoms with Gasteiger partial charge >= 0.3 is 0 Å². The maximum atomic E-state index is 4.24. The Hall–Kier alpha value is -0.900. The molecule has 0 spiro atoms. The van der Waals surface area contributed by atoms with Gasteiger partial charge in [-0.3, -0.25) is 0 Å². The molecule has 78 valence electrons. The number of nitrogens with one attached hydrogen (secondary N) is 1. The third-order valence-electron chi connectivity index (χ3n) is 2.64. The molecule has 0 amide bonds. The molecule has 0 atom stereocenters. The molecule has 14 heavy (non-hydrogen) atoms. The van der Waals surface area contributed by atoms with E-state index in [-0.39, 0.29) is 0 Å². The number of fused-ring (bicyclic) bond motifs is 1. The Kier molecular flexibility index (Phi) is 2.82. The van der Waals surface area contributed by atoms with E-state index in [0.717, 1.165) is 43.6 Å². The van der Waals surface area contributed by atoms with Gasteiger partial charge in [0.05, 0.1) is 6.54 Å². The van der Waals surface area contributed by atoms with Crippen molar-refractivity contribution in [2.75, 3.05) is 6.54 Å². The van der Waals surface area contributed by atoms with Crippen molar-refractivity contribution in [1.82, 2.24) is 20.1 Å². The highest BCUT2D eigenvalue weighted by molar-refractivity contribution is 4.98. The number of hydrogen-bond acceptors (Lipinski definition) is 3. The minimum Gasteiger partial charge on any atom is -0.313 e. The summed E-state index contributed by atoms with van der Waals surface area (Å²) in [6.45, 7) is 7.42. The second-order valence-electron chi connectivity index (χ2n) is 4.29. The zero-order valence-electron chi connectivity index (χ0n) is 8.95. The first-order chi connectivity index (χ1) is 6.77. The summed E-state index contributed by atoms with van der Waals surface area (Å²) in [4.78, 5) is 0. The highest BCUT2D eigenvalue weighted by Crippen LogP contribution is 2.10. The predicted molar refractivity (Wildman–Crippen MR) is 54.9 cm³/mol. The first kappa shape index (κ1) is 9.65. The quantitative estimate of drug-likeness (QED) is 0.779. The van der Waals surface area contributed by atoms with E-state index in [9.17, 15) is 0 Å².